The van der Waals surface area contributed by atoms with Crippen molar-refractivity contribution in [2.45, 2.75) is 58.0 Å². The number of carbonyl (C=O) groups is 1. The first-order valence-electron chi connectivity index (χ1n) is 9.13. The van der Waals surface area contributed by atoms with Gasteiger partial charge in [-0.05, 0) is 31.4 Å². The lowest BCUT2D eigenvalue weighted by Gasteiger charge is -2.03. The van der Waals surface area contributed by atoms with E-state index in [1.807, 2.05) is 6.08 Å². The summed E-state index contributed by atoms with van der Waals surface area (Å²) < 4.78 is 20.3. The highest BCUT2D eigenvalue weighted by atomic mass is 19.1. The van der Waals surface area contributed by atoms with Gasteiger partial charge in [-0.3, -0.25) is 4.79 Å². The first-order valence-corrected chi connectivity index (χ1v) is 9.13. The van der Waals surface area contributed by atoms with E-state index >= 15 is 0 Å². The summed E-state index contributed by atoms with van der Waals surface area (Å²) in [6, 6.07) is 6.30. The molecule has 0 aliphatic carbocycles. The molecule has 140 valence electrons. The highest BCUT2D eigenvalue weighted by Crippen LogP contribution is 2.12. The molecule has 1 heterocycles. The van der Waals surface area contributed by atoms with E-state index in [2.05, 4.69) is 16.9 Å². The van der Waals surface area contributed by atoms with Gasteiger partial charge in [-0.2, -0.15) is 0 Å². The summed E-state index contributed by atoms with van der Waals surface area (Å²) in [5, 5.41) is 7.78. The standard InChI is InChI=1S/C20H26FN3O2/c1-2-3-4-5-6-7-8-9-14-20(25)26-16-17-15-24(23-22-17)19-13-11-10-12-18(19)21/h2,10-13,15H,1,3-9,14,16H2. The summed E-state index contributed by atoms with van der Waals surface area (Å²) in [5.74, 6) is -0.623. The Labute approximate surface area is 153 Å². The highest BCUT2D eigenvalue weighted by molar-refractivity contribution is 5.69. The van der Waals surface area contributed by atoms with Crippen LogP contribution in [0.3, 0.4) is 0 Å². The Bertz CT molecular complexity index is 700. The second-order valence-corrected chi connectivity index (χ2v) is 6.22. The van der Waals surface area contributed by atoms with Gasteiger partial charge < -0.3 is 4.74 Å². The van der Waals surface area contributed by atoms with Crippen molar-refractivity contribution in [3.63, 3.8) is 0 Å². The quantitative estimate of drug-likeness (QED) is 0.311. The van der Waals surface area contributed by atoms with Crippen LogP contribution in [0.2, 0.25) is 0 Å². The maximum Gasteiger partial charge on any atom is 0.306 e. The Balaban J connectivity index is 1.62. The van der Waals surface area contributed by atoms with Crippen LogP contribution in [0.4, 0.5) is 4.39 Å². The molecule has 0 amide bonds. The Kier molecular flexibility index (Phi) is 8.52. The van der Waals surface area contributed by atoms with Crippen LogP contribution < -0.4 is 0 Å². The molecule has 26 heavy (non-hydrogen) atoms. The van der Waals surface area contributed by atoms with E-state index in [9.17, 15) is 9.18 Å². The Morgan fingerprint density at radius 3 is 2.65 bits per heavy atom. The molecule has 5 nitrogen and oxygen atoms in total. The number of allylic oxidation sites excluding steroid dienone is 1. The van der Waals surface area contributed by atoms with Crippen molar-refractivity contribution in [3.05, 3.63) is 54.6 Å². The van der Waals surface area contributed by atoms with Gasteiger partial charge in [0.2, 0.25) is 0 Å². The number of aromatic nitrogens is 3. The van der Waals surface area contributed by atoms with Gasteiger partial charge >= 0.3 is 5.97 Å². The molecule has 0 bridgehead atoms. The van der Waals surface area contributed by atoms with Gasteiger partial charge in [-0.15, -0.1) is 11.7 Å². The molecular weight excluding hydrogens is 333 g/mol. The number of para-hydroxylation sites is 1. The summed E-state index contributed by atoms with van der Waals surface area (Å²) in [5.41, 5.74) is 0.800. The third kappa shape index (κ3) is 6.78. The lowest BCUT2D eigenvalue weighted by Crippen LogP contribution is -2.04. The minimum atomic E-state index is -0.384. The summed E-state index contributed by atoms with van der Waals surface area (Å²) in [6.45, 7) is 3.76. The molecule has 0 radical (unpaired) electrons. The van der Waals surface area contributed by atoms with E-state index < -0.39 is 0 Å². The lowest BCUT2D eigenvalue weighted by atomic mass is 10.1. The summed E-state index contributed by atoms with van der Waals surface area (Å²) in [6.07, 6.45) is 11.6. The SMILES string of the molecule is C=CCCCCCCCCC(=O)OCc1cn(-c2ccccc2F)nn1. The van der Waals surface area contributed by atoms with E-state index in [1.54, 1.807) is 24.4 Å². The van der Waals surface area contributed by atoms with Crippen molar-refractivity contribution in [2.24, 2.45) is 0 Å². The minimum Gasteiger partial charge on any atom is -0.459 e. The van der Waals surface area contributed by atoms with Crippen LogP contribution in [-0.2, 0) is 16.1 Å². The van der Waals surface area contributed by atoms with Crippen LogP contribution in [0, 0.1) is 5.82 Å². The monoisotopic (exact) mass is 359 g/mol. The summed E-state index contributed by atoms with van der Waals surface area (Å²) in [4.78, 5) is 11.8. The zero-order chi connectivity index (χ0) is 18.6. The molecule has 2 aromatic rings. The fourth-order valence-electron chi connectivity index (χ4n) is 2.61. The summed E-state index contributed by atoms with van der Waals surface area (Å²) in [7, 11) is 0. The number of nitrogens with zero attached hydrogens (tertiary/aromatic N) is 3. The molecule has 0 spiro atoms. The molecule has 0 unspecified atom stereocenters. The van der Waals surface area contributed by atoms with E-state index in [0.717, 1.165) is 25.7 Å². The topological polar surface area (TPSA) is 57.0 Å². The van der Waals surface area contributed by atoms with Crippen LogP contribution in [0.25, 0.3) is 5.69 Å². The molecule has 0 fully saturated rings. The Hall–Kier alpha value is -2.50. The zero-order valence-electron chi connectivity index (χ0n) is 15.1. The van der Waals surface area contributed by atoms with Crippen LogP contribution >= 0.6 is 0 Å². The molecule has 0 atom stereocenters. The van der Waals surface area contributed by atoms with Gasteiger partial charge in [0.05, 0.1) is 6.20 Å². The number of esters is 1. The van der Waals surface area contributed by atoms with Gasteiger partial charge in [-0.1, -0.05) is 49.1 Å². The third-order valence-corrected chi connectivity index (χ3v) is 4.06. The van der Waals surface area contributed by atoms with Crippen molar-refractivity contribution >= 4 is 5.97 Å². The fourth-order valence-corrected chi connectivity index (χ4v) is 2.61. The molecule has 0 saturated carbocycles. The molecule has 0 aliphatic heterocycles. The molecule has 1 aromatic heterocycles. The van der Waals surface area contributed by atoms with Crippen LogP contribution in [0.5, 0.6) is 0 Å². The fraction of sp³-hybridized carbons (Fsp3) is 0.450. The zero-order valence-corrected chi connectivity index (χ0v) is 15.1. The average molecular weight is 359 g/mol. The van der Waals surface area contributed by atoms with Gasteiger partial charge in [0, 0.05) is 6.42 Å². The first kappa shape index (κ1) is 19.8. The smallest absolute Gasteiger partial charge is 0.306 e. The van der Waals surface area contributed by atoms with E-state index in [0.29, 0.717) is 17.8 Å². The number of benzene rings is 1. The minimum absolute atomic E-state index is 0.0504. The van der Waals surface area contributed by atoms with Crippen LogP contribution in [0.15, 0.2) is 43.1 Å². The number of hydrogen-bond donors (Lipinski definition) is 0. The van der Waals surface area contributed by atoms with Crippen molar-refractivity contribution in [1.82, 2.24) is 15.0 Å². The first-order chi connectivity index (χ1) is 12.7. The molecule has 1 aromatic carbocycles. The maximum absolute atomic E-state index is 13.7. The van der Waals surface area contributed by atoms with Crippen molar-refractivity contribution < 1.29 is 13.9 Å². The number of hydrogen-bond acceptors (Lipinski definition) is 4. The molecule has 6 heteroatoms. The number of rotatable bonds is 12. The lowest BCUT2D eigenvalue weighted by molar-refractivity contribution is -0.145. The maximum atomic E-state index is 13.7. The molecular formula is C20H26FN3O2. The second-order valence-electron chi connectivity index (χ2n) is 6.22. The van der Waals surface area contributed by atoms with E-state index in [-0.39, 0.29) is 18.4 Å². The Morgan fingerprint density at radius 1 is 1.15 bits per heavy atom. The number of unbranched alkanes of at least 4 members (excludes halogenated alkanes) is 6. The van der Waals surface area contributed by atoms with Crippen LogP contribution in [-0.4, -0.2) is 21.0 Å². The van der Waals surface area contributed by atoms with E-state index in [4.69, 9.17) is 4.74 Å². The van der Waals surface area contributed by atoms with Crippen molar-refractivity contribution in [1.29, 1.82) is 0 Å². The van der Waals surface area contributed by atoms with E-state index in [1.165, 1.54) is 30.0 Å². The van der Waals surface area contributed by atoms with Gasteiger partial charge in [0.15, 0.2) is 0 Å². The van der Waals surface area contributed by atoms with Crippen LogP contribution in [0.1, 0.15) is 57.1 Å². The average Bonchev–Trinajstić information content (AvgIpc) is 3.11. The van der Waals surface area contributed by atoms with Gasteiger partial charge in [-0.25, -0.2) is 9.07 Å². The van der Waals surface area contributed by atoms with Gasteiger partial charge in [0.1, 0.15) is 23.8 Å². The van der Waals surface area contributed by atoms with Gasteiger partial charge in [0.25, 0.3) is 0 Å². The number of ether oxygens (including phenoxy) is 1. The third-order valence-electron chi connectivity index (χ3n) is 4.06. The molecule has 0 N–H and O–H groups in total. The summed E-state index contributed by atoms with van der Waals surface area (Å²) >= 11 is 0. The Morgan fingerprint density at radius 2 is 1.88 bits per heavy atom. The molecule has 0 aliphatic rings. The largest absolute Gasteiger partial charge is 0.459 e. The molecule has 2 rings (SSSR count). The highest BCUT2D eigenvalue weighted by Gasteiger charge is 2.09. The number of halogens is 1. The predicted octanol–water partition coefficient (Wildman–Crippen LogP) is 4.76. The second kappa shape index (κ2) is 11.2. The van der Waals surface area contributed by atoms with Crippen molar-refractivity contribution in [3.8, 4) is 5.69 Å². The normalized spacial score (nSPS) is 10.7. The predicted molar refractivity (Wildman–Crippen MR) is 98.2 cm³/mol. The van der Waals surface area contributed by atoms with Crippen molar-refractivity contribution in [2.75, 3.05) is 0 Å². The number of carbonyl (C=O) groups excluding carboxylic acids is 1. The molecule has 0 saturated heterocycles.